The SMILES string of the molecule is O=C(Oc1ccc(-c2nc(C(Cl)(Cl)Cl)nc(C(Cl)(Cl)Cl)n2)cc1)c1ccccc1. The Balaban J connectivity index is 1.90. The van der Waals surface area contributed by atoms with Gasteiger partial charge in [0.1, 0.15) is 5.75 Å². The van der Waals surface area contributed by atoms with E-state index in [1.165, 1.54) is 0 Å². The van der Waals surface area contributed by atoms with Crippen molar-refractivity contribution in [1.29, 1.82) is 0 Å². The summed E-state index contributed by atoms with van der Waals surface area (Å²) in [6, 6.07) is 14.9. The Labute approximate surface area is 195 Å². The first-order valence-corrected chi connectivity index (χ1v) is 10.1. The fourth-order valence-corrected chi connectivity index (χ4v) is 2.68. The fraction of sp³-hybridized carbons (Fsp3) is 0.111. The monoisotopic (exact) mass is 509 g/mol. The highest BCUT2D eigenvalue weighted by atomic mass is 35.6. The van der Waals surface area contributed by atoms with Crippen LogP contribution in [0, 0.1) is 0 Å². The molecule has 29 heavy (non-hydrogen) atoms. The van der Waals surface area contributed by atoms with Crippen LogP contribution in [-0.4, -0.2) is 20.9 Å². The van der Waals surface area contributed by atoms with E-state index in [9.17, 15) is 4.79 Å². The minimum absolute atomic E-state index is 0.114. The summed E-state index contributed by atoms with van der Waals surface area (Å²) in [5.74, 6) is -0.458. The molecule has 0 N–H and O–H groups in total. The van der Waals surface area contributed by atoms with E-state index in [-0.39, 0.29) is 17.5 Å². The predicted molar refractivity (Wildman–Crippen MR) is 115 cm³/mol. The maximum absolute atomic E-state index is 12.1. The molecule has 1 aromatic heterocycles. The van der Waals surface area contributed by atoms with E-state index in [0.29, 0.717) is 16.9 Å². The Hall–Kier alpha value is -1.34. The lowest BCUT2D eigenvalue weighted by atomic mass is 10.2. The Morgan fingerprint density at radius 2 is 1.24 bits per heavy atom. The van der Waals surface area contributed by atoms with E-state index in [0.717, 1.165) is 0 Å². The maximum Gasteiger partial charge on any atom is 0.343 e. The molecule has 0 fully saturated rings. The summed E-state index contributed by atoms with van der Waals surface area (Å²) in [4.78, 5) is 24.3. The first-order chi connectivity index (χ1) is 13.5. The zero-order valence-corrected chi connectivity index (χ0v) is 18.7. The number of aromatic nitrogens is 3. The lowest BCUT2D eigenvalue weighted by Crippen LogP contribution is -2.16. The van der Waals surface area contributed by atoms with Crippen molar-refractivity contribution in [2.75, 3.05) is 0 Å². The fourth-order valence-electron chi connectivity index (χ4n) is 2.17. The van der Waals surface area contributed by atoms with Gasteiger partial charge in [0.05, 0.1) is 5.56 Å². The van der Waals surface area contributed by atoms with Gasteiger partial charge in [-0.25, -0.2) is 19.7 Å². The van der Waals surface area contributed by atoms with Gasteiger partial charge < -0.3 is 4.74 Å². The molecule has 0 aliphatic carbocycles. The molecule has 0 saturated heterocycles. The van der Waals surface area contributed by atoms with Gasteiger partial charge in [0.15, 0.2) is 17.5 Å². The largest absolute Gasteiger partial charge is 0.423 e. The maximum atomic E-state index is 12.1. The number of rotatable bonds is 3. The quantitative estimate of drug-likeness (QED) is 0.231. The molecule has 0 bridgehead atoms. The highest BCUT2D eigenvalue weighted by Crippen LogP contribution is 2.40. The second kappa shape index (κ2) is 8.80. The molecule has 0 radical (unpaired) electrons. The van der Waals surface area contributed by atoms with Crippen LogP contribution in [-0.2, 0) is 7.59 Å². The average Bonchev–Trinajstić information content (AvgIpc) is 2.67. The first-order valence-electron chi connectivity index (χ1n) is 7.82. The molecular formula is C18H9Cl6N3O2. The van der Waals surface area contributed by atoms with Gasteiger partial charge in [-0.15, -0.1) is 0 Å². The highest BCUT2D eigenvalue weighted by Gasteiger charge is 2.34. The lowest BCUT2D eigenvalue weighted by Gasteiger charge is -2.15. The van der Waals surface area contributed by atoms with Gasteiger partial charge in [-0.1, -0.05) is 87.8 Å². The van der Waals surface area contributed by atoms with Gasteiger partial charge in [-0.3, -0.25) is 0 Å². The van der Waals surface area contributed by atoms with E-state index in [2.05, 4.69) is 15.0 Å². The summed E-state index contributed by atoms with van der Waals surface area (Å²) in [6.07, 6.45) is 0. The summed E-state index contributed by atoms with van der Waals surface area (Å²) < 4.78 is 1.43. The van der Waals surface area contributed by atoms with Crippen molar-refractivity contribution in [3.63, 3.8) is 0 Å². The van der Waals surface area contributed by atoms with Gasteiger partial charge in [0.2, 0.25) is 7.59 Å². The molecule has 0 unspecified atom stereocenters. The number of alkyl halides is 6. The van der Waals surface area contributed by atoms with E-state index in [4.69, 9.17) is 74.3 Å². The van der Waals surface area contributed by atoms with E-state index >= 15 is 0 Å². The van der Waals surface area contributed by atoms with Crippen LogP contribution >= 0.6 is 69.6 Å². The van der Waals surface area contributed by atoms with Crippen molar-refractivity contribution in [3.8, 4) is 17.1 Å². The normalized spacial score (nSPS) is 11.9. The Kier molecular flexibility index (Phi) is 6.78. The van der Waals surface area contributed by atoms with Crippen LogP contribution in [0.4, 0.5) is 0 Å². The second-order valence-electron chi connectivity index (χ2n) is 5.58. The third kappa shape index (κ3) is 5.85. The number of carbonyl (C=O) groups is 1. The van der Waals surface area contributed by atoms with Gasteiger partial charge >= 0.3 is 5.97 Å². The van der Waals surface area contributed by atoms with Gasteiger partial charge in [0.25, 0.3) is 0 Å². The third-order valence-electron chi connectivity index (χ3n) is 3.48. The van der Waals surface area contributed by atoms with Crippen molar-refractivity contribution in [2.24, 2.45) is 0 Å². The number of hydrogen-bond donors (Lipinski definition) is 0. The van der Waals surface area contributed by atoms with Crippen LogP contribution in [0.25, 0.3) is 11.4 Å². The highest BCUT2D eigenvalue weighted by molar-refractivity contribution is 6.67. The standard InChI is InChI=1S/C18H9Cl6N3O2/c19-17(20,21)15-25-13(26-16(27-15)18(22,23)24)10-6-8-12(9-7-10)29-14(28)11-4-2-1-3-5-11/h1-9H. The number of ether oxygens (including phenoxy) is 1. The number of nitrogens with zero attached hydrogens (tertiary/aromatic N) is 3. The molecular weight excluding hydrogens is 503 g/mol. The molecule has 0 atom stereocenters. The molecule has 150 valence electrons. The zero-order valence-electron chi connectivity index (χ0n) is 14.1. The smallest absolute Gasteiger partial charge is 0.343 e. The zero-order chi connectivity index (χ0) is 21.2. The number of halogens is 6. The van der Waals surface area contributed by atoms with Crippen LogP contribution in [0.3, 0.4) is 0 Å². The van der Waals surface area contributed by atoms with Gasteiger partial charge in [-0.05, 0) is 36.4 Å². The molecule has 0 saturated carbocycles. The summed E-state index contributed by atoms with van der Waals surface area (Å²) in [5, 5.41) is 0. The average molecular weight is 512 g/mol. The van der Waals surface area contributed by atoms with Crippen LogP contribution in [0.5, 0.6) is 5.75 Å². The molecule has 3 rings (SSSR count). The molecule has 5 nitrogen and oxygen atoms in total. The van der Waals surface area contributed by atoms with E-state index in [1.807, 2.05) is 0 Å². The molecule has 0 amide bonds. The Morgan fingerprint density at radius 1 is 0.724 bits per heavy atom. The van der Waals surface area contributed by atoms with Crippen LogP contribution in [0.15, 0.2) is 54.6 Å². The van der Waals surface area contributed by atoms with Gasteiger partial charge in [0, 0.05) is 5.56 Å². The third-order valence-corrected chi connectivity index (χ3v) is 4.49. The number of benzene rings is 2. The minimum atomic E-state index is -1.95. The summed E-state index contributed by atoms with van der Waals surface area (Å²) in [7, 11) is 0. The first kappa shape index (κ1) is 22.3. The molecule has 0 aliphatic heterocycles. The van der Waals surface area contributed by atoms with Crippen LogP contribution in [0.2, 0.25) is 0 Å². The van der Waals surface area contributed by atoms with Gasteiger partial charge in [-0.2, -0.15) is 0 Å². The summed E-state index contributed by atoms with van der Waals surface area (Å²) in [5.41, 5.74) is 0.923. The topological polar surface area (TPSA) is 65.0 Å². The van der Waals surface area contributed by atoms with Crippen molar-refractivity contribution in [1.82, 2.24) is 15.0 Å². The Morgan fingerprint density at radius 3 is 1.72 bits per heavy atom. The predicted octanol–water partition coefficient (Wildman–Crippen LogP) is 6.41. The summed E-state index contributed by atoms with van der Waals surface area (Å²) in [6.45, 7) is 0. The van der Waals surface area contributed by atoms with Crippen molar-refractivity contribution in [2.45, 2.75) is 7.59 Å². The second-order valence-corrected chi connectivity index (χ2v) is 10.1. The number of hydrogen-bond acceptors (Lipinski definition) is 5. The number of carbonyl (C=O) groups excluding carboxylic acids is 1. The molecule has 0 spiro atoms. The van der Waals surface area contributed by atoms with Crippen LogP contribution in [0.1, 0.15) is 22.0 Å². The van der Waals surface area contributed by atoms with Crippen LogP contribution < -0.4 is 4.74 Å². The molecule has 2 aromatic carbocycles. The summed E-state index contributed by atoms with van der Waals surface area (Å²) >= 11 is 35.2. The van der Waals surface area contributed by atoms with E-state index < -0.39 is 13.6 Å². The lowest BCUT2D eigenvalue weighted by molar-refractivity contribution is 0.0735. The van der Waals surface area contributed by atoms with Crippen molar-refractivity contribution < 1.29 is 9.53 Å². The van der Waals surface area contributed by atoms with Crippen molar-refractivity contribution in [3.05, 3.63) is 71.8 Å². The minimum Gasteiger partial charge on any atom is -0.423 e. The molecule has 11 heteroatoms. The molecule has 0 aliphatic rings. The molecule has 1 heterocycles. The van der Waals surface area contributed by atoms with E-state index in [1.54, 1.807) is 54.6 Å². The Bertz CT molecular complexity index is 986. The van der Waals surface area contributed by atoms with Crippen molar-refractivity contribution >= 4 is 75.6 Å². The molecule has 3 aromatic rings. The number of esters is 1.